The topological polar surface area (TPSA) is 58.6 Å². The summed E-state index contributed by atoms with van der Waals surface area (Å²) in [6.07, 6.45) is 2.45. The Kier molecular flexibility index (Phi) is 3.69. The fraction of sp³-hybridized carbons (Fsp3) is 0.467. The summed E-state index contributed by atoms with van der Waals surface area (Å²) >= 11 is 0. The molecule has 0 saturated carbocycles. The molecule has 2 atom stereocenters. The molecule has 2 saturated heterocycles. The number of amides is 3. The zero-order chi connectivity index (χ0) is 13.9. The Labute approximate surface area is 117 Å². The second-order valence-corrected chi connectivity index (χ2v) is 5.28. The number of hydrogen-bond acceptors (Lipinski definition) is 3. The number of imide groups is 1. The van der Waals surface area contributed by atoms with Gasteiger partial charge in [0, 0.05) is 13.0 Å². The lowest BCUT2D eigenvalue weighted by atomic mass is 10.1. The smallest absolute Gasteiger partial charge is 0.324 e. The monoisotopic (exact) mass is 274 g/mol. The van der Waals surface area contributed by atoms with Crippen molar-refractivity contribution in [3.8, 4) is 0 Å². The van der Waals surface area contributed by atoms with Crippen LogP contribution in [0.2, 0.25) is 0 Å². The molecule has 1 aromatic carbocycles. The number of ether oxygens (including phenoxy) is 1. The van der Waals surface area contributed by atoms with Crippen molar-refractivity contribution in [3.63, 3.8) is 0 Å². The normalized spacial score (nSPS) is 26.1. The number of carbonyl (C=O) groups is 2. The first kappa shape index (κ1) is 13.1. The van der Waals surface area contributed by atoms with E-state index in [1.54, 1.807) is 0 Å². The number of hydrogen-bond donors (Lipinski definition) is 1. The van der Waals surface area contributed by atoms with Crippen LogP contribution in [0.15, 0.2) is 30.3 Å². The average molecular weight is 274 g/mol. The van der Waals surface area contributed by atoms with E-state index >= 15 is 0 Å². The molecule has 0 radical (unpaired) electrons. The number of benzene rings is 1. The predicted molar refractivity (Wildman–Crippen MR) is 73.2 cm³/mol. The molecular formula is C15H18N2O3. The number of nitrogens with one attached hydrogen (secondary N) is 1. The summed E-state index contributed by atoms with van der Waals surface area (Å²) < 4.78 is 5.49. The third kappa shape index (κ3) is 2.67. The van der Waals surface area contributed by atoms with Crippen LogP contribution in [0.5, 0.6) is 0 Å². The van der Waals surface area contributed by atoms with E-state index in [1.807, 2.05) is 30.3 Å². The van der Waals surface area contributed by atoms with Gasteiger partial charge in [0.05, 0.1) is 12.6 Å². The lowest BCUT2D eigenvalue weighted by molar-refractivity contribution is -0.128. The zero-order valence-corrected chi connectivity index (χ0v) is 11.2. The van der Waals surface area contributed by atoms with E-state index in [-0.39, 0.29) is 18.0 Å². The molecular weight excluding hydrogens is 256 g/mol. The predicted octanol–water partition coefficient (Wildman–Crippen LogP) is 1.33. The number of rotatable bonds is 4. The summed E-state index contributed by atoms with van der Waals surface area (Å²) in [6.45, 7) is 1.09. The van der Waals surface area contributed by atoms with Gasteiger partial charge in [-0.25, -0.2) is 4.79 Å². The van der Waals surface area contributed by atoms with Gasteiger partial charge in [0.15, 0.2) is 0 Å². The molecule has 5 nitrogen and oxygen atoms in total. The van der Waals surface area contributed by atoms with Crippen LogP contribution < -0.4 is 5.32 Å². The Balaban J connectivity index is 1.64. The zero-order valence-electron chi connectivity index (χ0n) is 11.2. The van der Waals surface area contributed by atoms with Crippen LogP contribution in [0.3, 0.4) is 0 Å². The van der Waals surface area contributed by atoms with Crippen molar-refractivity contribution in [2.75, 3.05) is 13.2 Å². The maximum atomic E-state index is 12.3. The van der Waals surface area contributed by atoms with Crippen molar-refractivity contribution >= 4 is 11.9 Å². The van der Waals surface area contributed by atoms with Gasteiger partial charge in [0.25, 0.3) is 5.91 Å². The van der Waals surface area contributed by atoms with E-state index in [0.29, 0.717) is 13.0 Å². The lowest BCUT2D eigenvalue weighted by Gasteiger charge is -2.17. The molecule has 0 spiro atoms. The summed E-state index contributed by atoms with van der Waals surface area (Å²) in [4.78, 5) is 25.5. The Bertz CT molecular complexity index is 497. The minimum atomic E-state index is -0.452. The first-order valence-electron chi connectivity index (χ1n) is 7.01. The summed E-state index contributed by atoms with van der Waals surface area (Å²) in [5.41, 5.74) is 1.05. The summed E-state index contributed by atoms with van der Waals surface area (Å²) in [5.74, 6) is -0.144. The van der Waals surface area contributed by atoms with E-state index in [2.05, 4.69) is 5.32 Å². The van der Waals surface area contributed by atoms with Crippen LogP contribution in [-0.4, -0.2) is 42.1 Å². The summed E-state index contributed by atoms with van der Waals surface area (Å²) in [7, 11) is 0. The molecule has 106 valence electrons. The fourth-order valence-electron chi connectivity index (χ4n) is 2.73. The van der Waals surface area contributed by atoms with Gasteiger partial charge in [-0.3, -0.25) is 9.69 Å². The van der Waals surface area contributed by atoms with Crippen LogP contribution in [0.1, 0.15) is 18.4 Å². The molecule has 3 amide bonds. The van der Waals surface area contributed by atoms with E-state index < -0.39 is 6.04 Å². The first-order chi connectivity index (χ1) is 9.74. The van der Waals surface area contributed by atoms with Gasteiger partial charge in [-0.15, -0.1) is 0 Å². The molecule has 5 heteroatoms. The largest absolute Gasteiger partial charge is 0.376 e. The van der Waals surface area contributed by atoms with Gasteiger partial charge < -0.3 is 10.1 Å². The van der Waals surface area contributed by atoms with Crippen LogP contribution in [0, 0.1) is 0 Å². The molecule has 3 rings (SSSR count). The van der Waals surface area contributed by atoms with Crippen LogP contribution >= 0.6 is 0 Å². The molecule has 0 aromatic heterocycles. The fourth-order valence-corrected chi connectivity index (χ4v) is 2.73. The number of urea groups is 1. The molecule has 2 heterocycles. The van der Waals surface area contributed by atoms with E-state index in [1.165, 1.54) is 4.90 Å². The number of nitrogens with zero attached hydrogens (tertiary/aromatic N) is 1. The maximum Gasteiger partial charge on any atom is 0.324 e. The van der Waals surface area contributed by atoms with E-state index in [0.717, 1.165) is 25.0 Å². The Morgan fingerprint density at radius 2 is 2.05 bits per heavy atom. The molecule has 2 aliphatic rings. The van der Waals surface area contributed by atoms with Crippen LogP contribution in [0.4, 0.5) is 4.79 Å². The van der Waals surface area contributed by atoms with Crippen molar-refractivity contribution < 1.29 is 14.3 Å². The van der Waals surface area contributed by atoms with Crippen molar-refractivity contribution in [1.29, 1.82) is 0 Å². The highest BCUT2D eigenvalue weighted by Gasteiger charge is 2.39. The van der Waals surface area contributed by atoms with E-state index in [9.17, 15) is 9.59 Å². The van der Waals surface area contributed by atoms with Gasteiger partial charge >= 0.3 is 6.03 Å². The lowest BCUT2D eigenvalue weighted by Crippen LogP contribution is -2.38. The van der Waals surface area contributed by atoms with Gasteiger partial charge in [-0.05, 0) is 18.4 Å². The van der Waals surface area contributed by atoms with Gasteiger partial charge in [0.2, 0.25) is 0 Å². The van der Waals surface area contributed by atoms with Crippen molar-refractivity contribution in [3.05, 3.63) is 35.9 Å². The molecule has 20 heavy (non-hydrogen) atoms. The Morgan fingerprint density at radius 3 is 2.75 bits per heavy atom. The van der Waals surface area contributed by atoms with Crippen LogP contribution in [-0.2, 0) is 16.0 Å². The molecule has 1 aromatic rings. The average Bonchev–Trinajstić information content (AvgIpc) is 3.05. The SMILES string of the molecule is O=C1N[C@H](Cc2ccccc2)C(=O)N1C[C@H]1CCCO1. The second kappa shape index (κ2) is 5.63. The highest BCUT2D eigenvalue weighted by molar-refractivity contribution is 6.04. The minimum Gasteiger partial charge on any atom is -0.376 e. The molecule has 2 fully saturated rings. The Hall–Kier alpha value is -1.88. The molecule has 0 aliphatic carbocycles. The third-order valence-corrected chi connectivity index (χ3v) is 3.80. The third-order valence-electron chi connectivity index (χ3n) is 3.80. The standard InChI is InChI=1S/C15H18N2O3/c18-14-13(9-11-5-2-1-3-6-11)16-15(19)17(14)10-12-7-4-8-20-12/h1-3,5-6,12-13H,4,7-10H2,(H,16,19)/t12-,13-/m1/s1. The second-order valence-electron chi connectivity index (χ2n) is 5.28. The van der Waals surface area contributed by atoms with E-state index in [4.69, 9.17) is 4.74 Å². The molecule has 0 unspecified atom stereocenters. The molecule has 1 N–H and O–H groups in total. The van der Waals surface area contributed by atoms with Crippen molar-refractivity contribution in [2.45, 2.75) is 31.4 Å². The van der Waals surface area contributed by atoms with Gasteiger partial charge in [-0.1, -0.05) is 30.3 Å². The van der Waals surface area contributed by atoms with Gasteiger partial charge in [0.1, 0.15) is 6.04 Å². The molecule has 2 aliphatic heterocycles. The maximum absolute atomic E-state index is 12.3. The Morgan fingerprint density at radius 1 is 1.25 bits per heavy atom. The summed E-state index contributed by atoms with van der Waals surface area (Å²) in [5, 5.41) is 2.76. The highest BCUT2D eigenvalue weighted by atomic mass is 16.5. The quantitative estimate of drug-likeness (QED) is 0.843. The van der Waals surface area contributed by atoms with Crippen molar-refractivity contribution in [2.24, 2.45) is 0 Å². The van der Waals surface area contributed by atoms with Gasteiger partial charge in [-0.2, -0.15) is 0 Å². The summed E-state index contributed by atoms with van der Waals surface area (Å²) in [6, 6.07) is 8.96. The van der Waals surface area contributed by atoms with Crippen molar-refractivity contribution in [1.82, 2.24) is 10.2 Å². The van der Waals surface area contributed by atoms with Crippen LogP contribution in [0.25, 0.3) is 0 Å². The first-order valence-corrected chi connectivity index (χ1v) is 7.01. The molecule has 0 bridgehead atoms. The highest BCUT2D eigenvalue weighted by Crippen LogP contribution is 2.17. The minimum absolute atomic E-state index is 0.000162. The number of carbonyl (C=O) groups excluding carboxylic acids is 2.